The Labute approximate surface area is 240 Å². The van der Waals surface area contributed by atoms with Gasteiger partial charge in [0.1, 0.15) is 0 Å². The number of carbonyl (C=O) groups excluding carboxylic acids is 1. The van der Waals surface area contributed by atoms with Crippen LogP contribution in [0.15, 0.2) is 77.7 Å². The van der Waals surface area contributed by atoms with Gasteiger partial charge in [-0.2, -0.15) is 4.31 Å². The third-order valence-corrected chi connectivity index (χ3v) is 9.58. The molecule has 0 atom stereocenters. The number of fused-ring (bicyclic) bond motifs is 1. The molecule has 214 valence electrons. The standard InChI is InChI=1S/C33H43N3O3S/c1-5-9-28-14-18-32(19-15-28)40(38,39)35-20-8-21-36(27(4)37)33-11-7-6-10-31(33)25-34(22-23-35)24-29-12-16-30(17-13-29)26(2)3/h6-7,10-19,26H,5,8-9,20-25H2,1-4H3. The van der Waals surface area contributed by atoms with Crippen LogP contribution in [0, 0.1) is 0 Å². The summed E-state index contributed by atoms with van der Waals surface area (Å²) in [6.07, 6.45) is 2.50. The van der Waals surface area contributed by atoms with Gasteiger partial charge < -0.3 is 4.90 Å². The number of carbonyl (C=O) groups is 1. The molecule has 0 saturated carbocycles. The number of amides is 1. The van der Waals surface area contributed by atoms with Crippen LogP contribution in [0.3, 0.4) is 0 Å². The highest BCUT2D eigenvalue weighted by Gasteiger charge is 2.27. The Morgan fingerprint density at radius 3 is 2.17 bits per heavy atom. The zero-order chi connectivity index (χ0) is 28.7. The Morgan fingerprint density at radius 1 is 0.850 bits per heavy atom. The van der Waals surface area contributed by atoms with Crippen LogP contribution in [0.5, 0.6) is 0 Å². The molecule has 0 saturated heterocycles. The lowest BCUT2D eigenvalue weighted by molar-refractivity contribution is -0.116. The average Bonchev–Trinajstić information content (AvgIpc) is 2.96. The maximum Gasteiger partial charge on any atom is 0.243 e. The number of sulfonamides is 1. The van der Waals surface area contributed by atoms with Gasteiger partial charge in [0.15, 0.2) is 0 Å². The average molecular weight is 562 g/mol. The molecule has 3 aromatic carbocycles. The van der Waals surface area contributed by atoms with Crippen molar-refractivity contribution in [3.8, 4) is 0 Å². The molecule has 7 heteroatoms. The van der Waals surface area contributed by atoms with E-state index in [0.717, 1.165) is 29.7 Å². The molecule has 0 N–H and O–H groups in total. The fourth-order valence-corrected chi connectivity index (χ4v) is 6.82. The second kappa shape index (κ2) is 13.6. The van der Waals surface area contributed by atoms with Gasteiger partial charge in [0, 0.05) is 51.9 Å². The van der Waals surface area contributed by atoms with E-state index in [9.17, 15) is 13.2 Å². The van der Waals surface area contributed by atoms with Gasteiger partial charge in [-0.15, -0.1) is 0 Å². The first kappa shape index (κ1) is 30.0. The molecular formula is C33H43N3O3S. The number of rotatable bonds is 7. The second-order valence-corrected chi connectivity index (χ2v) is 13.0. The molecule has 0 aromatic heterocycles. The molecule has 1 heterocycles. The normalized spacial score (nSPS) is 16.0. The Bertz CT molecular complexity index is 1370. The predicted molar refractivity (Wildman–Crippen MR) is 163 cm³/mol. The molecule has 4 rings (SSSR count). The fourth-order valence-electron chi connectivity index (χ4n) is 5.35. The molecule has 0 unspecified atom stereocenters. The minimum atomic E-state index is -3.69. The van der Waals surface area contributed by atoms with Gasteiger partial charge in [0.2, 0.25) is 15.9 Å². The van der Waals surface area contributed by atoms with Crippen LogP contribution in [0.1, 0.15) is 68.7 Å². The lowest BCUT2D eigenvalue weighted by Gasteiger charge is -2.28. The molecule has 40 heavy (non-hydrogen) atoms. The van der Waals surface area contributed by atoms with Crippen LogP contribution < -0.4 is 4.90 Å². The van der Waals surface area contributed by atoms with Crippen LogP contribution in [-0.4, -0.2) is 49.7 Å². The third kappa shape index (κ3) is 7.39. The number of anilines is 1. The molecule has 3 aromatic rings. The van der Waals surface area contributed by atoms with E-state index in [1.54, 1.807) is 28.3 Å². The quantitative estimate of drug-likeness (QED) is 0.344. The maximum absolute atomic E-state index is 13.8. The first-order valence-electron chi connectivity index (χ1n) is 14.4. The van der Waals surface area contributed by atoms with E-state index in [1.807, 2.05) is 30.3 Å². The monoisotopic (exact) mass is 561 g/mol. The molecule has 0 radical (unpaired) electrons. The van der Waals surface area contributed by atoms with Crippen molar-refractivity contribution in [1.82, 2.24) is 9.21 Å². The van der Waals surface area contributed by atoms with Crippen LogP contribution in [0.25, 0.3) is 0 Å². The summed E-state index contributed by atoms with van der Waals surface area (Å²) < 4.78 is 29.3. The van der Waals surface area contributed by atoms with Gasteiger partial charge in [-0.3, -0.25) is 9.69 Å². The minimum Gasteiger partial charge on any atom is -0.312 e. The molecular weight excluding hydrogens is 518 g/mol. The van der Waals surface area contributed by atoms with Crippen molar-refractivity contribution < 1.29 is 13.2 Å². The summed E-state index contributed by atoms with van der Waals surface area (Å²) in [5, 5.41) is 0. The van der Waals surface area contributed by atoms with Crippen molar-refractivity contribution in [3.63, 3.8) is 0 Å². The number of hydrogen-bond donors (Lipinski definition) is 0. The van der Waals surface area contributed by atoms with Gasteiger partial charge in [-0.05, 0) is 59.2 Å². The van der Waals surface area contributed by atoms with Gasteiger partial charge in [-0.1, -0.05) is 81.8 Å². The Balaban J connectivity index is 1.65. The van der Waals surface area contributed by atoms with E-state index in [2.05, 4.69) is 56.0 Å². The number of benzene rings is 3. The Hall–Kier alpha value is -3.00. The first-order valence-corrected chi connectivity index (χ1v) is 15.9. The molecule has 1 amide bonds. The van der Waals surface area contributed by atoms with Crippen LogP contribution in [-0.2, 0) is 34.3 Å². The predicted octanol–water partition coefficient (Wildman–Crippen LogP) is 6.21. The lowest BCUT2D eigenvalue weighted by atomic mass is 10.0. The van der Waals surface area contributed by atoms with E-state index in [4.69, 9.17) is 0 Å². The summed E-state index contributed by atoms with van der Waals surface area (Å²) >= 11 is 0. The van der Waals surface area contributed by atoms with Crippen LogP contribution in [0.2, 0.25) is 0 Å². The van der Waals surface area contributed by atoms with E-state index in [1.165, 1.54) is 11.1 Å². The molecule has 6 nitrogen and oxygen atoms in total. The second-order valence-electron chi connectivity index (χ2n) is 11.1. The highest BCUT2D eigenvalue weighted by atomic mass is 32.2. The van der Waals surface area contributed by atoms with Gasteiger partial charge in [0.25, 0.3) is 0 Å². The first-order chi connectivity index (χ1) is 19.2. The van der Waals surface area contributed by atoms with E-state index >= 15 is 0 Å². The van der Waals surface area contributed by atoms with Crippen molar-refractivity contribution in [3.05, 3.63) is 95.1 Å². The van der Waals surface area contributed by atoms with E-state index in [-0.39, 0.29) is 5.91 Å². The summed E-state index contributed by atoms with van der Waals surface area (Å²) in [4.78, 5) is 17.1. The zero-order valence-electron chi connectivity index (χ0n) is 24.3. The topological polar surface area (TPSA) is 60.9 Å². The summed E-state index contributed by atoms with van der Waals surface area (Å²) in [6, 6.07) is 24.0. The smallest absolute Gasteiger partial charge is 0.243 e. The number of para-hydroxylation sites is 1. The van der Waals surface area contributed by atoms with Crippen LogP contribution >= 0.6 is 0 Å². The fraction of sp³-hybridized carbons (Fsp3) is 0.424. The van der Waals surface area contributed by atoms with Gasteiger partial charge in [0.05, 0.1) is 4.90 Å². The SMILES string of the molecule is CCCc1ccc(S(=O)(=O)N2CCCN(C(C)=O)c3ccccc3CN(Cc3ccc(C(C)C)cc3)CC2)cc1. The van der Waals surface area contributed by atoms with Gasteiger partial charge in [-0.25, -0.2) is 8.42 Å². The number of nitrogens with zero attached hydrogens (tertiary/aromatic N) is 3. The Kier molecular flexibility index (Phi) is 10.2. The molecule has 0 bridgehead atoms. The summed E-state index contributed by atoms with van der Waals surface area (Å²) in [7, 11) is -3.69. The van der Waals surface area contributed by atoms with Crippen LogP contribution in [0.4, 0.5) is 5.69 Å². The summed E-state index contributed by atoms with van der Waals surface area (Å²) in [6.45, 7) is 11.1. The molecule has 0 fully saturated rings. The summed E-state index contributed by atoms with van der Waals surface area (Å²) in [5.41, 5.74) is 5.59. The molecule has 0 spiro atoms. The van der Waals surface area contributed by atoms with E-state index in [0.29, 0.717) is 56.5 Å². The van der Waals surface area contributed by atoms with Crippen molar-refractivity contribution in [1.29, 1.82) is 0 Å². The van der Waals surface area contributed by atoms with E-state index < -0.39 is 10.0 Å². The van der Waals surface area contributed by atoms with Crippen molar-refractivity contribution in [2.24, 2.45) is 0 Å². The van der Waals surface area contributed by atoms with Crippen molar-refractivity contribution >= 4 is 21.6 Å². The van der Waals surface area contributed by atoms with Crippen molar-refractivity contribution in [2.75, 3.05) is 31.1 Å². The lowest BCUT2D eigenvalue weighted by Crippen LogP contribution is -2.39. The number of aryl methyl sites for hydroxylation is 1. The highest BCUT2D eigenvalue weighted by Crippen LogP contribution is 2.26. The Morgan fingerprint density at radius 2 is 1.52 bits per heavy atom. The molecule has 1 aliphatic heterocycles. The van der Waals surface area contributed by atoms with Crippen molar-refractivity contribution in [2.45, 2.75) is 70.9 Å². The highest BCUT2D eigenvalue weighted by molar-refractivity contribution is 7.89. The molecule has 1 aliphatic rings. The maximum atomic E-state index is 13.8. The number of hydrogen-bond acceptors (Lipinski definition) is 4. The minimum absolute atomic E-state index is 0.0385. The van der Waals surface area contributed by atoms with Gasteiger partial charge >= 0.3 is 0 Å². The zero-order valence-corrected chi connectivity index (χ0v) is 25.2. The third-order valence-electron chi connectivity index (χ3n) is 7.66. The summed E-state index contributed by atoms with van der Waals surface area (Å²) in [5.74, 6) is 0.425. The molecule has 0 aliphatic carbocycles. The largest absolute Gasteiger partial charge is 0.312 e.